The van der Waals surface area contributed by atoms with Crippen LogP contribution in [0.15, 0.2) is 48.7 Å². The van der Waals surface area contributed by atoms with Crippen molar-refractivity contribution in [1.82, 2.24) is 15.6 Å². The minimum atomic E-state index is -0.165. The lowest BCUT2D eigenvalue weighted by atomic mass is 10.1. The number of aromatic nitrogens is 1. The van der Waals surface area contributed by atoms with Crippen molar-refractivity contribution in [3.63, 3.8) is 0 Å². The van der Waals surface area contributed by atoms with Crippen LogP contribution in [0.5, 0.6) is 5.88 Å². The van der Waals surface area contributed by atoms with Crippen molar-refractivity contribution in [3.05, 3.63) is 59.8 Å². The van der Waals surface area contributed by atoms with Crippen molar-refractivity contribution < 1.29 is 9.53 Å². The number of urea groups is 1. The zero-order chi connectivity index (χ0) is 16.5. The van der Waals surface area contributed by atoms with Crippen LogP contribution in [-0.4, -0.2) is 24.2 Å². The fourth-order valence-corrected chi connectivity index (χ4v) is 2.23. The fourth-order valence-electron chi connectivity index (χ4n) is 2.23. The average molecular weight is 313 g/mol. The van der Waals surface area contributed by atoms with Gasteiger partial charge >= 0.3 is 6.03 Å². The van der Waals surface area contributed by atoms with Gasteiger partial charge in [-0.3, -0.25) is 0 Å². The monoisotopic (exact) mass is 313 g/mol. The van der Waals surface area contributed by atoms with E-state index in [2.05, 4.69) is 27.8 Å². The number of benzene rings is 1. The van der Waals surface area contributed by atoms with Gasteiger partial charge in [0.25, 0.3) is 0 Å². The number of nitrogens with zero attached hydrogens (tertiary/aromatic N) is 1. The van der Waals surface area contributed by atoms with Crippen LogP contribution in [0.1, 0.15) is 24.5 Å². The molecule has 122 valence electrons. The molecule has 2 aromatic rings. The molecule has 5 heteroatoms. The molecule has 1 unspecified atom stereocenters. The van der Waals surface area contributed by atoms with Crippen molar-refractivity contribution in [3.8, 4) is 5.88 Å². The largest absolute Gasteiger partial charge is 0.481 e. The van der Waals surface area contributed by atoms with Gasteiger partial charge in [0.1, 0.15) is 0 Å². The SMILES string of the molecule is COc1cc(CNC(=O)NC(C)CCc2ccccc2)ccn1. The average Bonchev–Trinajstić information content (AvgIpc) is 2.59. The smallest absolute Gasteiger partial charge is 0.315 e. The Morgan fingerprint density at radius 3 is 2.74 bits per heavy atom. The highest BCUT2D eigenvalue weighted by Gasteiger charge is 2.07. The first kappa shape index (κ1) is 16.8. The summed E-state index contributed by atoms with van der Waals surface area (Å²) in [5.41, 5.74) is 2.23. The number of nitrogens with one attached hydrogen (secondary N) is 2. The van der Waals surface area contributed by atoms with Gasteiger partial charge in [-0.15, -0.1) is 0 Å². The second kappa shape index (κ2) is 8.78. The maximum absolute atomic E-state index is 11.9. The van der Waals surface area contributed by atoms with E-state index in [0.717, 1.165) is 18.4 Å². The molecule has 5 nitrogen and oxygen atoms in total. The van der Waals surface area contributed by atoms with Crippen LogP contribution in [0, 0.1) is 0 Å². The normalized spacial score (nSPS) is 11.6. The highest BCUT2D eigenvalue weighted by molar-refractivity contribution is 5.74. The molecule has 2 N–H and O–H groups in total. The predicted molar refractivity (Wildman–Crippen MR) is 90.4 cm³/mol. The standard InChI is InChI=1S/C18H23N3O2/c1-14(8-9-15-6-4-3-5-7-15)21-18(22)20-13-16-10-11-19-17(12-16)23-2/h3-7,10-12,14H,8-9,13H2,1-2H3,(H2,20,21,22). The lowest BCUT2D eigenvalue weighted by molar-refractivity contribution is 0.236. The van der Waals surface area contributed by atoms with Gasteiger partial charge in [-0.05, 0) is 37.0 Å². The van der Waals surface area contributed by atoms with Crippen molar-refractivity contribution in [2.75, 3.05) is 7.11 Å². The van der Waals surface area contributed by atoms with E-state index in [-0.39, 0.29) is 12.1 Å². The molecule has 0 bridgehead atoms. The molecule has 0 radical (unpaired) electrons. The lowest BCUT2D eigenvalue weighted by Gasteiger charge is -2.15. The van der Waals surface area contributed by atoms with Crippen LogP contribution in [0.25, 0.3) is 0 Å². The molecule has 2 amide bonds. The number of aryl methyl sites for hydroxylation is 1. The summed E-state index contributed by atoms with van der Waals surface area (Å²) in [4.78, 5) is 16.0. The third-order valence-corrected chi connectivity index (χ3v) is 3.55. The zero-order valence-electron chi connectivity index (χ0n) is 13.6. The summed E-state index contributed by atoms with van der Waals surface area (Å²) in [5, 5.41) is 5.80. The molecule has 0 aliphatic heterocycles. The first-order chi connectivity index (χ1) is 11.2. The Morgan fingerprint density at radius 1 is 1.22 bits per heavy atom. The molecule has 0 aliphatic carbocycles. The first-order valence-corrected chi connectivity index (χ1v) is 7.74. The van der Waals surface area contributed by atoms with Gasteiger partial charge in [0.05, 0.1) is 7.11 Å². The Labute approximate surface area is 137 Å². The highest BCUT2D eigenvalue weighted by Crippen LogP contribution is 2.08. The minimum absolute atomic E-state index is 0.113. The number of methoxy groups -OCH3 is 1. The van der Waals surface area contributed by atoms with E-state index in [4.69, 9.17) is 4.74 Å². The van der Waals surface area contributed by atoms with Gasteiger partial charge in [0.2, 0.25) is 5.88 Å². The van der Waals surface area contributed by atoms with E-state index in [1.807, 2.05) is 31.2 Å². The molecule has 0 fully saturated rings. The molecule has 1 heterocycles. The number of amides is 2. The fraction of sp³-hybridized carbons (Fsp3) is 0.333. The third kappa shape index (κ3) is 5.98. The molecule has 23 heavy (non-hydrogen) atoms. The zero-order valence-corrected chi connectivity index (χ0v) is 13.6. The Kier molecular flexibility index (Phi) is 6.41. The van der Waals surface area contributed by atoms with Gasteiger partial charge in [0.15, 0.2) is 0 Å². The Bertz CT molecular complexity index is 617. The predicted octanol–water partition coefficient (Wildman–Crippen LogP) is 2.91. The number of ether oxygens (including phenoxy) is 1. The van der Waals surface area contributed by atoms with Gasteiger partial charge in [-0.1, -0.05) is 30.3 Å². The van der Waals surface area contributed by atoms with E-state index in [1.54, 1.807) is 19.4 Å². The quantitative estimate of drug-likeness (QED) is 0.826. The van der Waals surface area contributed by atoms with Crippen molar-refractivity contribution in [1.29, 1.82) is 0 Å². The van der Waals surface area contributed by atoms with Gasteiger partial charge in [-0.2, -0.15) is 0 Å². The first-order valence-electron chi connectivity index (χ1n) is 7.74. The highest BCUT2D eigenvalue weighted by atomic mass is 16.5. The third-order valence-electron chi connectivity index (χ3n) is 3.55. The Morgan fingerprint density at radius 2 is 2.00 bits per heavy atom. The Balaban J connectivity index is 1.71. The van der Waals surface area contributed by atoms with E-state index in [1.165, 1.54) is 5.56 Å². The molecule has 2 rings (SSSR count). The number of rotatable bonds is 7. The topological polar surface area (TPSA) is 63.2 Å². The molecular weight excluding hydrogens is 290 g/mol. The summed E-state index contributed by atoms with van der Waals surface area (Å²) in [6.07, 6.45) is 3.51. The Hall–Kier alpha value is -2.56. The summed E-state index contributed by atoms with van der Waals surface area (Å²) in [6.45, 7) is 2.45. The summed E-state index contributed by atoms with van der Waals surface area (Å²) in [5.74, 6) is 0.543. The molecule has 0 spiro atoms. The number of carbonyl (C=O) groups is 1. The second-order valence-corrected chi connectivity index (χ2v) is 5.46. The second-order valence-electron chi connectivity index (χ2n) is 5.46. The lowest BCUT2D eigenvalue weighted by Crippen LogP contribution is -2.40. The van der Waals surface area contributed by atoms with Crippen LogP contribution in [0.3, 0.4) is 0 Å². The number of hydrogen-bond donors (Lipinski definition) is 2. The molecule has 1 aromatic carbocycles. The van der Waals surface area contributed by atoms with Crippen molar-refractivity contribution in [2.45, 2.75) is 32.4 Å². The van der Waals surface area contributed by atoms with Gasteiger partial charge in [0, 0.05) is 24.8 Å². The van der Waals surface area contributed by atoms with Gasteiger partial charge < -0.3 is 15.4 Å². The van der Waals surface area contributed by atoms with Crippen LogP contribution in [0.4, 0.5) is 4.79 Å². The summed E-state index contributed by atoms with van der Waals surface area (Å²) in [7, 11) is 1.57. The van der Waals surface area contributed by atoms with E-state index >= 15 is 0 Å². The number of carbonyl (C=O) groups excluding carboxylic acids is 1. The van der Waals surface area contributed by atoms with E-state index in [0.29, 0.717) is 12.4 Å². The van der Waals surface area contributed by atoms with Crippen LogP contribution < -0.4 is 15.4 Å². The number of pyridine rings is 1. The van der Waals surface area contributed by atoms with Crippen LogP contribution in [0.2, 0.25) is 0 Å². The van der Waals surface area contributed by atoms with E-state index in [9.17, 15) is 4.79 Å². The molecule has 1 atom stereocenters. The summed E-state index contributed by atoms with van der Waals surface area (Å²) in [6, 6.07) is 13.9. The van der Waals surface area contributed by atoms with Crippen LogP contribution in [-0.2, 0) is 13.0 Å². The van der Waals surface area contributed by atoms with E-state index < -0.39 is 0 Å². The molecule has 0 aliphatic rings. The van der Waals surface area contributed by atoms with Crippen molar-refractivity contribution >= 4 is 6.03 Å². The van der Waals surface area contributed by atoms with Crippen molar-refractivity contribution in [2.24, 2.45) is 0 Å². The molecule has 1 aromatic heterocycles. The molecule has 0 saturated heterocycles. The van der Waals surface area contributed by atoms with Gasteiger partial charge in [-0.25, -0.2) is 9.78 Å². The molecule has 0 saturated carbocycles. The maximum atomic E-state index is 11.9. The van der Waals surface area contributed by atoms with Crippen LogP contribution >= 0.6 is 0 Å². The maximum Gasteiger partial charge on any atom is 0.315 e. The minimum Gasteiger partial charge on any atom is -0.481 e. The summed E-state index contributed by atoms with van der Waals surface area (Å²) >= 11 is 0. The number of hydrogen-bond acceptors (Lipinski definition) is 3. The molecular formula is C18H23N3O2. The summed E-state index contributed by atoms with van der Waals surface area (Å²) < 4.78 is 5.06.